The van der Waals surface area contributed by atoms with Crippen LogP contribution in [0.1, 0.15) is 22.5 Å². The summed E-state index contributed by atoms with van der Waals surface area (Å²) in [6.45, 7) is 0.303. The molecule has 130 valence electrons. The van der Waals surface area contributed by atoms with Gasteiger partial charge in [-0.1, -0.05) is 33.2 Å². The van der Waals surface area contributed by atoms with E-state index in [4.69, 9.17) is 9.78 Å². The minimum atomic E-state index is -0.342. The predicted octanol–water partition coefficient (Wildman–Crippen LogP) is 4.22. The third-order valence-electron chi connectivity index (χ3n) is 3.72. The van der Waals surface area contributed by atoms with Gasteiger partial charge >= 0.3 is 6.03 Å². The number of amides is 2. The number of hydrogen-bond donors (Lipinski definition) is 2. The van der Waals surface area contributed by atoms with E-state index in [-0.39, 0.29) is 6.03 Å². The number of rotatable bonds is 5. The van der Waals surface area contributed by atoms with Crippen LogP contribution < -0.4 is 10.6 Å². The highest BCUT2D eigenvalue weighted by atomic mass is 79.9. The second kappa shape index (κ2) is 8.32. The predicted molar refractivity (Wildman–Crippen MR) is 100 cm³/mol. The van der Waals surface area contributed by atoms with Crippen LogP contribution in [0.25, 0.3) is 0 Å². The van der Waals surface area contributed by atoms with E-state index in [0.717, 1.165) is 15.6 Å². The highest BCUT2D eigenvalue weighted by Crippen LogP contribution is 2.17. The number of urea groups is 1. The Balaban J connectivity index is 1.56. The summed E-state index contributed by atoms with van der Waals surface area (Å²) >= 11 is 3.41. The summed E-state index contributed by atoms with van der Waals surface area (Å²) in [5, 5.41) is 18.1. The van der Waals surface area contributed by atoms with Crippen molar-refractivity contribution in [2.45, 2.75) is 13.0 Å². The number of hydrogen-bond acceptors (Lipinski definition) is 4. The lowest BCUT2D eigenvalue weighted by molar-refractivity contribution is 0.251. The number of nitrogens with one attached hydrogen (secondary N) is 2. The van der Waals surface area contributed by atoms with Crippen molar-refractivity contribution in [1.29, 1.82) is 5.26 Å². The molecule has 7 heteroatoms. The van der Waals surface area contributed by atoms with Crippen LogP contribution in [0.15, 0.2) is 63.7 Å². The third-order valence-corrected chi connectivity index (χ3v) is 4.25. The largest absolute Gasteiger partial charge is 0.361 e. The zero-order chi connectivity index (χ0) is 18.4. The van der Waals surface area contributed by atoms with E-state index in [9.17, 15) is 4.79 Å². The number of aromatic nitrogens is 1. The number of nitrogens with zero attached hydrogens (tertiary/aromatic N) is 2. The highest BCUT2D eigenvalue weighted by molar-refractivity contribution is 9.10. The average molecular weight is 411 g/mol. The first-order valence-electron chi connectivity index (χ1n) is 7.86. The summed E-state index contributed by atoms with van der Waals surface area (Å²) in [6.07, 6.45) is 2.21. The number of carbonyl (C=O) groups is 1. The molecule has 0 radical (unpaired) electrons. The smallest absolute Gasteiger partial charge is 0.319 e. The number of halogens is 1. The van der Waals surface area contributed by atoms with Gasteiger partial charge in [0, 0.05) is 28.7 Å². The quantitative estimate of drug-likeness (QED) is 0.658. The molecule has 0 aliphatic carbocycles. The average Bonchev–Trinajstić information content (AvgIpc) is 3.09. The van der Waals surface area contributed by atoms with Gasteiger partial charge in [0.15, 0.2) is 0 Å². The van der Waals surface area contributed by atoms with Gasteiger partial charge in [-0.25, -0.2) is 4.79 Å². The van der Waals surface area contributed by atoms with Crippen LogP contribution in [0.3, 0.4) is 0 Å². The molecule has 3 aromatic rings. The van der Waals surface area contributed by atoms with Gasteiger partial charge in [-0.15, -0.1) is 0 Å². The molecule has 0 aliphatic rings. The molecule has 2 amide bonds. The Bertz CT molecular complexity index is 927. The first kappa shape index (κ1) is 17.7. The SMILES string of the molecule is N#Cc1ccc(NC(=O)NCc2cnoc2Cc2ccc(Br)cc2)cc1. The molecule has 0 atom stereocenters. The Kier molecular flexibility index (Phi) is 5.66. The monoisotopic (exact) mass is 410 g/mol. The fraction of sp³-hybridized carbons (Fsp3) is 0.105. The number of benzene rings is 2. The molecule has 0 fully saturated rings. The summed E-state index contributed by atoms with van der Waals surface area (Å²) in [4.78, 5) is 12.0. The van der Waals surface area contributed by atoms with Crippen LogP contribution in [0, 0.1) is 11.3 Å². The van der Waals surface area contributed by atoms with E-state index in [1.54, 1.807) is 30.5 Å². The Labute approximate surface area is 158 Å². The van der Waals surface area contributed by atoms with E-state index < -0.39 is 0 Å². The van der Waals surface area contributed by atoms with Crippen molar-refractivity contribution in [3.05, 3.63) is 81.7 Å². The van der Waals surface area contributed by atoms with Gasteiger partial charge in [0.2, 0.25) is 0 Å². The highest BCUT2D eigenvalue weighted by Gasteiger charge is 2.11. The molecule has 0 saturated carbocycles. The van der Waals surface area contributed by atoms with E-state index in [1.807, 2.05) is 30.3 Å². The Morgan fingerprint density at radius 3 is 2.58 bits per heavy atom. The normalized spacial score (nSPS) is 10.2. The van der Waals surface area contributed by atoms with Gasteiger partial charge in [-0.3, -0.25) is 0 Å². The van der Waals surface area contributed by atoms with Crippen LogP contribution in [0.2, 0.25) is 0 Å². The second-order valence-corrected chi connectivity index (χ2v) is 6.49. The van der Waals surface area contributed by atoms with Crippen molar-refractivity contribution in [1.82, 2.24) is 10.5 Å². The first-order chi connectivity index (χ1) is 12.6. The van der Waals surface area contributed by atoms with Crippen molar-refractivity contribution in [2.24, 2.45) is 0 Å². The van der Waals surface area contributed by atoms with Gasteiger partial charge < -0.3 is 15.2 Å². The van der Waals surface area contributed by atoms with Crippen LogP contribution in [0.4, 0.5) is 10.5 Å². The number of nitriles is 1. The maximum Gasteiger partial charge on any atom is 0.319 e. The van der Waals surface area contributed by atoms with Gasteiger partial charge in [0.05, 0.1) is 17.8 Å². The molecule has 0 aliphatic heterocycles. The molecule has 0 saturated heterocycles. The maximum absolute atomic E-state index is 12.0. The van der Waals surface area contributed by atoms with E-state index in [2.05, 4.69) is 31.7 Å². The molecular weight excluding hydrogens is 396 g/mol. The van der Waals surface area contributed by atoms with E-state index in [0.29, 0.717) is 30.0 Å². The molecule has 3 rings (SSSR count). The molecular formula is C19H15BrN4O2. The lowest BCUT2D eigenvalue weighted by Crippen LogP contribution is -2.28. The third kappa shape index (κ3) is 4.71. The molecule has 2 N–H and O–H groups in total. The van der Waals surface area contributed by atoms with E-state index in [1.165, 1.54) is 0 Å². The van der Waals surface area contributed by atoms with Gasteiger partial charge in [0.1, 0.15) is 5.76 Å². The van der Waals surface area contributed by atoms with Crippen LogP contribution >= 0.6 is 15.9 Å². The molecule has 26 heavy (non-hydrogen) atoms. The summed E-state index contributed by atoms with van der Waals surface area (Å²) in [6, 6.07) is 16.3. The first-order valence-corrected chi connectivity index (χ1v) is 8.65. The summed E-state index contributed by atoms with van der Waals surface area (Å²) < 4.78 is 6.32. The zero-order valence-electron chi connectivity index (χ0n) is 13.7. The second-order valence-electron chi connectivity index (χ2n) is 5.57. The maximum atomic E-state index is 12.0. The van der Waals surface area contributed by atoms with Gasteiger partial charge in [0.25, 0.3) is 0 Å². The Morgan fingerprint density at radius 1 is 1.15 bits per heavy atom. The Morgan fingerprint density at radius 2 is 1.88 bits per heavy atom. The van der Waals surface area contributed by atoms with Crippen molar-refractivity contribution >= 4 is 27.6 Å². The zero-order valence-corrected chi connectivity index (χ0v) is 15.3. The molecule has 0 unspecified atom stereocenters. The number of anilines is 1. The van der Waals surface area contributed by atoms with Crippen molar-refractivity contribution < 1.29 is 9.32 Å². The summed E-state index contributed by atoms with van der Waals surface area (Å²) in [7, 11) is 0. The van der Waals surface area contributed by atoms with Crippen LogP contribution in [-0.2, 0) is 13.0 Å². The molecule has 0 bridgehead atoms. The standard InChI is InChI=1S/C19H15BrN4O2/c20-16-5-1-13(2-6-16)9-18-15(12-23-26-18)11-22-19(25)24-17-7-3-14(10-21)4-8-17/h1-8,12H,9,11H2,(H2,22,24,25). The minimum Gasteiger partial charge on any atom is -0.361 e. The molecule has 1 aromatic heterocycles. The van der Waals surface area contributed by atoms with Gasteiger partial charge in [-0.2, -0.15) is 5.26 Å². The molecule has 2 aromatic carbocycles. The fourth-order valence-electron chi connectivity index (χ4n) is 2.34. The fourth-order valence-corrected chi connectivity index (χ4v) is 2.61. The van der Waals surface area contributed by atoms with Crippen LogP contribution in [0.5, 0.6) is 0 Å². The number of carbonyl (C=O) groups excluding carboxylic acids is 1. The van der Waals surface area contributed by atoms with Crippen molar-refractivity contribution in [3.63, 3.8) is 0 Å². The summed E-state index contributed by atoms with van der Waals surface area (Å²) in [5.74, 6) is 0.714. The van der Waals surface area contributed by atoms with Crippen LogP contribution in [-0.4, -0.2) is 11.2 Å². The van der Waals surface area contributed by atoms with E-state index >= 15 is 0 Å². The minimum absolute atomic E-state index is 0.303. The Hall–Kier alpha value is -3.11. The van der Waals surface area contributed by atoms with Crippen molar-refractivity contribution in [3.8, 4) is 6.07 Å². The van der Waals surface area contributed by atoms with Gasteiger partial charge in [-0.05, 0) is 42.0 Å². The molecule has 6 nitrogen and oxygen atoms in total. The molecule has 1 heterocycles. The lowest BCUT2D eigenvalue weighted by atomic mass is 10.1. The van der Waals surface area contributed by atoms with Crippen molar-refractivity contribution in [2.75, 3.05) is 5.32 Å². The lowest BCUT2D eigenvalue weighted by Gasteiger charge is -2.07. The molecule has 0 spiro atoms. The summed E-state index contributed by atoms with van der Waals surface area (Å²) in [5.41, 5.74) is 3.07. The topological polar surface area (TPSA) is 91.0 Å².